The number of rotatable bonds is 5. The van der Waals surface area contributed by atoms with E-state index in [0.29, 0.717) is 0 Å². The van der Waals surface area contributed by atoms with Crippen LogP contribution in [0.3, 0.4) is 0 Å². The van der Waals surface area contributed by atoms with E-state index in [1.54, 1.807) is 0 Å². The molecule has 1 aromatic rings. The van der Waals surface area contributed by atoms with Crippen molar-refractivity contribution in [1.82, 2.24) is 10.6 Å². The van der Waals surface area contributed by atoms with Crippen molar-refractivity contribution in [3.63, 3.8) is 0 Å². The lowest BCUT2D eigenvalue weighted by Gasteiger charge is -2.34. The van der Waals surface area contributed by atoms with E-state index < -0.39 is 0 Å². The van der Waals surface area contributed by atoms with Crippen LogP contribution < -0.4 is 15.4 Å². The van der Waals surface area contributed by atoms with Gasteiger partial charge in [-0.2, -0.15) is 0 Å². The van der Waals surface area contributed by atoms with E-state index in [1.807, 2.05) is 30.3 Å². The predicted molar refractivity (Wildman–Crippen MR) is 82.4 cm³/mol. The highest BCUT2D eigenvalue weighted by atomic mass is 35.5. The molecule has 1 aliphatic heterocycles. The normalized spacial score (nSPS) is 16.9. The first-order valence-corrected chi connectivity index (χ1v) is 6.83. The minimum absolute atomic E-state index is 0. The molecule has 4 nitrogen and oxygen atoms in total. The first kappa shape index (κ1) is 16.8. The van der Waals surface area contributed by atoms with Gasteiger partial charge in [-0.05, 0) is 43.5 Å². The molecule has 0 aliphatic carbocycles. The highest BCUT2D eigenvalue weighted by molar-refractivity contribution is 5.85. The van der Waals surface area contributed by atoms with Gasteiger partial charge in [0.15, 0.2) is 6.61 Å². The molecule has 20 heavy (non-hydrogen) atoms. The summed E-state index contributed by atoms with van der Waals surface area (Å²) >= 11 is 0. The Bertz CT molecular complexity index is 406. The third-order valence-electron chi connectivity index (χ3n) is 3.64. The van der Waals surface area contributed by atoms with E-state index in [0.717, 1.165) is 38.2 Å². The van der Waals surface area contributed by atoms with Crippen LogP contribution in [0.2, 0.25) is 0 Å². The van der Waals surface area contributed by atoms with Crippen molar-refractivity contribution in [1.29, 1.82) is 0 Å². The minimum atomic E-state index is -0.0522. The summed E-state index contributed by atoms with van der Waals surface area (Å²) in [7, 11) is 0. The van der Waals surface area contributed by atoms with Crippen LogP contribution in [0.25, 0.3) is 0 Å². The van der Waals surface area contributed by atoms with E-state index in [4.69, 9.17) is 4.74 Å². The van der Waals surface area contributed by atoms with Gasteiger partial charge < -0.3 is 15.4 Å². The third-order valence-corrected chi connectivity index (χ3v) is 3.64. The molecule has 112 valence electrons. The van der Waals surface area contributed by atoms with Crippen molar-refractivity contribution in [2.75, 3.05) is 26.2 Å². The lowest BCUT2D eigenvalue weighted by atomic mass is 9.81. The molecule has 1 amide bonds. The maximum Gasteiger partial charge on any atom is 0.257 e. The molecule has 1 saturated heterocycles. The number of hydrogen-bond acceptors (Lipinski definition) is 3. The van der Waals surface area contributed by atoms with Crippen LogP contribution in [-0.2, 0) is 4.79 Å². The first-order chi connectivity index (χ1) is 9.18. The maximum absolute atomic E-state index is 11.7. The summed E-state index contributed by atoms with van der Waals surface area (Å²) < 4.78 is 5.42. The third kappa shape index (κ3) is 5.39. The molecule has 2 N–H and O–H groups in total. The molecular formula is C15H23ClN2O2. The molecule has 1 aromatic carbocycles. The number of ether oxygens (including phenoxy) is 1. The van der Waals surface area contributed by atoms with E-state index >= 15 is 0 Å². The first-order valence-electron chi connectivity index (χ1n) is 6.83. The molecule has 0 aromatic heterocycles. The summed E-state index contributed by atoms with van der Waals surface area (Å²) in [6.07, 6.45) is 2.21. The fourth-order valence-corrected chi connectivity index (χ4v) is 2.24. The van der Waals surface area contributed by atoms with Gasteiger partial charge in [-0.15, -0.1) is 12.4 Å². The Labute approximate surface area is 126 Å². The largest absolute Gasteiger partial charge is 0.484 e. The second-order valence-electron chi connectivity index (χ2n) is 5.44. The minimum Gasteiger partial charge on any atom is -0.484 e. The standard InChI is InChI=1S/C15H22N2O2.ClH/c1-15(7-9-16-10-8-15)12-17-14(18)11-19-13-5-3-2-4-6-13;/h2-6,16H,7-12H2,1H3,(H,17,18);1H. The summed E-state index contributed by atoms with van der Waals surface area (Å²) in [6.45, 7) is 5.11. The van der Waals surface area contributed by atoms with Crippen LogP contribution in [0.1, 0.15) is 19.8 Å². The Morgan fingerprint density at radius 2 is 1.95 bits per heavy atom. The quantitative estimate of drug-likeness (QED) is 0.874. The van der Waals surface area contributed by atoms with Crippen molar-refractivity contribution in [2.24, 2.45) is 5.41 Å². The van der Waals surface area contributed by atoms with Gasteiger partial charge in [-0.3, -0.25) is 4.79 Å². The molecule has 0 atom stereocenters. The van der Waals surface area contributed by atoms with Crippen LogP contribution >= 0.6 is 12.4 Å². The fourth-order valence-electron chi connectivity index (χ4n) is 2.24. The number of nitrogens with one attached hydrogen (secondary N) is 2. The van der Waals surface area contributed by atoms with Gasteiger partial charge in [-0.25, -0.2) is 0 Å². The number of benzene rings is 1. The highest BCUT2D eigenvalue weighted by Crippen LogP contribution is 2.26. The zero-order valence-corrected chi connectivity index (χ0v) is 12.7. The summed E-state index contributed by atoms with van der Waals surface area (Å²) in [6, 6.07) is 9.40. The summed E-state index contributed by atoms with van der Waals surface area (Å²) in [5.41, 5.74) is 0.216. The summed E-state index contributed by atoms with van der Waals surface area (Å²) in [5, 5.41) is 6.31. The summed E-state index contributed by atoms with van der Waals surface area (Å²) in [5.74, 6) is 0.675. The van der Waals surface area contributed by atoms with Gasteiger partial charge in [-0.1, -0.05) is 25.1 Å². The molecular weight excluding hydrogens is 276 g/mol. The van der Waals surface area contributed by atoms with E-state index in [1.165, 1.54) is 0 Å². The number of piperidine rings is 1. The smallest absolute Gasteiger partial charge is 0.257 e. The van der Waals surface area contributed by atoms with Gasteiger partial charge in [0.2, 0.25) is 0 Å². The van der Waals surface area contributed by atoms with Crippen molar-refractivity contribution < 1.29 is 9.53 Å². The van der Waals surface area contributed by atoms with Crippen LogP contribution in [0.15, 0.2) is 30.3 Å². The number of halogens is 1. The van der Waals surface area contributed by atoms with Crippen molar-refractivity contribution >= 4 is 18.3 Å². The number of amides is 1. The fraction of sp³-hybridized carbons (Fsp3) is 0.533. The SMILES string of the molecule is CC1(CNC(=O)COc2ccccc2)CCNCC1.Cl. The second kappa shape index (κ2) is 8.12. The van der Waals surface area contributed by atoms with E-state index in [-0.39, 0.29) is 30.3 Å². The highest BCUT2D eigenvalue weighted by Gasteiger charge is 2.26. The number of carbonyl (C=O) groups excluding carboxylic acids is 1. The Kier molecular flexibility index (Phi) is 6.82. The lowest BCUT2D eigenvalue weighted by molar-refractivity contribution is -0.123. The Morgan fingerprint density at radius 1 is 1.30 bits per heavy atom. The van der Waals surface area contributed by atoms with E-state index in [9.17, 15) is 4.79 Å². The zero-order chi connectivity index (χ0) is 13.6. The zero-order valence-electron chi connectivity index (χ0n) is 11.9. The lowest BCUT2D eigenvalue weighted by Crippen LogP contribution is -2.43. The molecule has 0 saturated carbocycles. The molecule has 1 aliphatic rings. The van der Waals surface area contributed by atoms with Gasteiger partial charge in [0, 0.05) is 6.54 Å². The van der Waals surface area contributed by atoms with Crippen molar-refractivity contribution in [2.45, 2.75) is 19.8 Å². The van der Waals surface area contributed by atoms with Gasteiger partial charge in [0.25, 0.3) is 5.91 Å². The molecule has 1 fully saturated rings. The van der Waals surface area contributed by atoms with Crippen molar-refractivity contribution in [3.05, 3.63) is 30.3 Å². The molecule has 0 radical (unpaired) electrons. The molecule has 2 rings (SSSR count). The molecule has 0 unspecified atom stereocenters. The number of hydrogen-bond donors (Lipinski definition) is 2. The maximum atomic E-state index is 11.7. The average Bonchev–Trinajstić information content (AvgIpc) is 2.45. The van der Waals surface area contributed by atoms with Gasteiger partial charge >= 0.3 is 0 Å². The van der Waals surface area contributed by atoms with Crippen molar-refractivity contribution in [3.8, 4) is 5.75 Å². The monoisotopic (exact) mass is 298 g/mol. The molecule has 5 heteroatoms. The van der Waals surface area contributed by atoms with E-state index in [2.05, 4.69) is 17.6 Å². The van der Waals surface area contributed by atoms with Gasteiger partial charge in [0.1, 0.15) is 5.75 Å². The Morgan fingerprint density at radius 3 is 2.60 bits per heavy atom. The topological polar surface area (TPSA) is 50.4 Å². The predicted octanol–water partition coefficient (Wildman–Crippen LogP) is 1.99. The second-order valence-corrected chi connectivity index (χ2v) is 5.44. The van der Waals surface area contributed by atoms with Crippen LogP contribution in [-0.4, -0.2) is 32.1 Å². The summed E-state index contributed by atoms with van der Waals surface area (Å²) in [4.78, 5) is 11.7. The van der Waals surface area contributed by atoms with Gasteiger partial charge in [0.05, 0.1) is 0 Å². The molecule has 1 heterocycles. The molecule has 0 bridgehead atoms. The average molecular weight is 299 g/mol. The van der Waals surface area contributed by atoms with Crippen LogP contribution in [0.4, 0.5) is 0 Å². The Hall–Kier alpha value is -1.26. The van der Waals surface area contributed by atoms with Crippen LogP contribution in [0.5, 0.6) is 5.75 Å². The Balaban J connectivity index is 0.00000200. The number of carbonyl (C=O) groups is 1. The number of para-hydroxylation sites is 1. The molecule has 0 spiro atoms. The van der Waals surface area contributed by atoms with Crippen LogP contribution in [0, 0.1) is 5.41 Å².